The summed E-state index contributed by atoms with van der Waals surface area (Å²) in [6.07, 6.45) is 5.25. The number of carbonyl (C=O) groups excluding carboxylic acids is 2. The lowest BCUT2D eigenvalue weighted by Gasteiger charge is -2.36. The van der Waals surface area contributed by atoms with E-state index in [2.05, 4.69) is 0 Å². The minimum Gasteiger partial charge on any atom is -0.472 e. The molecule has 2 fully saturated rings. The molecular formula is C15H21N3O5S. The second-order valence-electron chi connectivity index (χ2n) is 6.16. The van der Waals surface area contributed by atoms with Crippen LogP contribution >= 0.6 is 0 Å². The molecule has 0 N–H and O–H groups in total. The van der Waals surface area contributed by atoms with E-state index in [-0.39, 0.29) is 11.8 Å². The predicted octanol–water partition coefficient (Wildman–Crippen LogP) is -0.0120. The lowest BCUT2D eigenvalue weighted by atomic mass is 10.1. The molecule has 0 radical (unpaired) electrons. The molecule has 1 aromatic rings. The number of furan rings is 1. The Balaban J connectivity index is 1.60. The first-order valence-electron chi connectivity index (χ1n) is 7.95. The van der Waals surface area contributed by atoms with Crippen LogP contribution in [0.4, 0.5) is 0 Å². The SMILES string of the molecule is CS(=O)(=O)N1CCCC1C(=O)N1CCN(C(=O)c2ccoc2)CC1. The number of rotatable bonds is 3. The zero-order valence-corrected chi connectivity index (χ0v) is 14.4. The molecule has 2 saturated heterocycles. The van der Waals surface area contributed by atoms with Crippen molar-refractivity contribution < 1.29 is 22.4 Å². The van der Waals surface area contributed by atoms with Crippen LogP contribution in [0.2, 0.25) is 0 Å². The van der Waals surface area contributed by atoms with Crippen molar-refractivity contribution in [3.63, 3.8) is 0 Å². The van der Waals surface area contributed by atoms with Crippen molar-refractivity contribution in [3.05, 3.63) is 24.2 Å². The van der Waals surface area contributed by atoms with Gasteiger partial charge in [0.05, 0.1) is 18.1 Å². The van der Waals surface area contributed by atoms with Gasteiger partial charge < -0.3 is 14.2 Å². The van der Waals surface area contributed by atoms with Crippen molar-refractivity contribution in [2.24, 2.45) is 0 Å². The van der Waals surface area contributed by atoms with Gasteiger partial charge in [0, 0.05) is 32.7 Å². The van der Waals surface area contributed by atoms with E-state index in [1.165, 1.54) is 16.8 Å². The number of nitrogens with zero attached hydrogens (tertiary/aromatic N) is 3. The standard InChI is InChI=1S/C15H21N3O5S/c1-24(21,22)18-5-2-3-13(18)15(20)17-8-6-16(7-9-17)14(19)12-4-10-23-11-12/h4,10-11,13H,2-3,5-9H2,1H3. The zero-order chi connectivity index (χ0) is 17.3. The number of hydrogen-bond donors (Lipinski definition) is 0. The number of carbonyl (C=O) groups is 2. The molecule has 3 rings (SSSR count). The summed E-state index contributed by atoms with van der Waals surface area (Å²) in [7, 11) is -3.38. The van der Waals surface area contributed by atoms with Crippen LogP contribution in [-0.2, 0) is 14.8 Å². The van der Waals surface area contributed by atoms with Gasteiger partial charge in [0.1, 0.15) is 12.3 Å². The quantitative estimate of drug-likeness (QED) is 0.760. The van der Waals surface area contributed by atoms with E-state index < -0.39 is 16.1 Å². The molecule has 2 amide bonds. The van der Waals surface area contributed by atoms with Crippen molar-refractivity contribution >= 4 is 21.8 Å². The van der Waals surface area contributed by atoms with E-state index in [0.717, 1.165) is 6.26 Å². The lowest BCUT2D eigenvalue weighted by Crippen LogP contribution is -2.55. The fourth-order valence-corrected chi connectivity index (χ4v) is 4.41. The summed E-state index contributed by atoms with van der Waals surface area (Å²) in [4.78, 5) is 28.3. The van der Waals surface area contributed by atoms with Gasteiger partial charge in [-0.25, -0.2) is 8.42 Å². The molecule has 1 atom stereocenters. The summed E-state index contributed by atoms with van der Waals surface area (Å²) in [5.74, 6) is -0.275. The minimum atomic E-state index is -3.38. The van der Waals surface area contributed by atoms with E-state index in [1.54, 1.807) is 15.9 Å². The molecule has 132 valence electrons. The van der Waals surface area contributed by atoms with Crippen LogP contribution in [0.25, 0.3) is 0 Å². The summed E-state index contributed by atoms with van der Waals surface area (Å²) in [6, 6.07) is 1.01. The third-order valence-corrected chi connectivity index (χ3v) is 5.85. The fraction of sp³-hybridized carbons (Fsp3) is 0.600. The van der Waals surface area contributed by atoms with Gasteiger partial charge >= 0.3 is 0 Å². The molecular weight excluding hydrogens is 334 g/mol. The molecule has 0 aromatic carbocycles. The molecule has 0 bridgehead atoms. The van der Waals surface area contributed by atoms with Gasteiger partial charge in [0.15, 0.2) is 0 Å². The van der Waals surface area contributed by atoms with Crippen molar-refractivity contribution in [2.45, 2.75) is 18.9 Å². The normalized spacial score (nSPS) is 22.8. The van der Waals surface area contributed by atoms with Gasteiger partial charge in [0.2, 0.25) is 15.9 Å². The van der Waals surface area contributed by atoms with E-state index in [4.69, 9.17) is 4.42 Å². The summed E-state index contributed by atoms with van der Waals surface area (Å²) in [5, 5.41) is 0. The number of hydrogen-bond acceptors (Lipinski definition) is 5. The second-order valence-corrected chi connectivity index (χ2v) is 8.10. The molecule has 2 aliphatic rings. The minimum absolute atomic E-state index is 0.116. The molecule has 0 aliphatic carbocycles. The molecule has 1 aromatic heterocycles. The van der Waals surface area contributed by atoms with E-state index in [9.17, 15) is 18.0 Å². The first-order chi connectivity index (χ1) is 11.4. The van der Waals surface area contributed by atoms with Crippen LogP contribution in [0, 0.1) is 0 Å². The molecule has 9 heteroatoms. The van der Waals surface area contributed by atoms with Gasteiger partial charge in [-0.3, -0.25) is 9.59 Å². The highest BCUT2D eigenvalue weighted by molar-refractivity contribution is 7.88. The van der Waals surface area contributed by atoms with Crippen molar-refractivity contribution in [1.29, 1.82) is 0 Å². The van der Waals surface area contributed by atoms with Crippen LogP contribution in [0.5, 0.6) is 0 Å². The highest BCUT2D eigenvalue weighted by atomic mass is 32.2. The van der Waals surface area contributed by atoms with Crippen LogP contribution in [-0.4, -0.2) is 79.4 Å². The molecule has 8 nitrogen and oxygen atoms in total. The maximum Gasteiger partial charge on any atom is 0.257 e. The second kappa shape index (κ2) is 6.56. The van der Waals surface area contributed by atoms with Crippen molar-refractivity contribution in [2.75, 3.05) is 39.0 Å². The summed E-state index contributed by atoms with van der Waals surface area (Å²) in [5.41, 5.74) is 0.494. The fourth-order valence-electron chi connectivity index (χ4n) is 3.29. The highest BCUT2D eigenvalue weighted by Gasteiger charge is 2.39. The van der Waals surface area contributed by atoms with Crippen LogP contribution < -0.4 is 0 Å². The molecule has 0 spiro atoms. The Bertz CT molecular complexity index is 707. The molecule has 2 aliphatic heterocycles. The Morgan fingerprint density at radius 2 is 1.79 bits per heavy atom. The number of amides is 2. The van der Waals surface area contributed by atoms with Gasteiger partial charge in [-0.15, -0.1) is 0 Å². The monoisotopic (exact) mass is 355 g/mol. The average Bonchev–Trinajstić information content (AvgIpc) is 3.24. The number of sulfonamides is 1. The predicted molar refractivity (Wildman–Crippen MR) is 85.8 cm³/mol. The lowest BCUT2D eigenvalue weighted by molar-refractivity contribution is -0.136. The highest BCUT2D eigenvalue weighted by Crippen LogP contribution is 2.23. The van der Waals surface area contributed by atoms with Crippen LogP contribution in [0.1, 0.15) is 23.2 Å². The smallest absolute Gasteiger partial charge is 0.257 e. The first-order valence-corrected chi connectivity index (χ1v) is 9.80. The van der Waals surface area contributed by atoms with Gasteiger partial charge in [0.25, 0.3) is 5.91 Å². The Morgan fingerprint density at radius 3 is 2.38 bits per heavy atom. The number of piperazine rings is 1. The van der Waals surface area contributed by atoms with Gasteiger partial charge in [-0.2, -0.15) is 4.31 Å². The first kappa shape index (κ1) is 17.0. The molecule has 1 unspecified atom stereocenters. The Labute approximate surface area is 141 Å². The third-order valence-electron chi connectivity index (χ3n) is 4.56. The van der Waals surface area contributed by atoms with Crippen molar-refractivity contribution in [1.82, 2.24) is 14.1 Å². The average molecular weight is 355 g/mol. The summed E-state index contributed by atoms with van der Waals surface area (Å²) >= 11 is 0. The van der Waals surface area contributed by atoms with E-state index in [0.29, 0.717) is 51.1 Å². The third kappa shape index (κ3) is 3.32. The zero-order valence-electron chi connectivity index (χ0n) is 13.6. The summed E-state index contributed by atoms with van der Waals surface area (Å²) < 4.78 is 29.8. The van der Waals surface area contributed by atoms with Crippen LogP contribution in [0.3, 0.4) is 0 Å². The Hall–Kier alpha value is -1.87. The Morgan fingerprint density at radius 1 is 1.12 bits per heavy atom. The maximum absolute atomic E-state index is 12.7. The topological polar surface area (TPSA) is 91.1 Å². The van der Waals surface area contributed by atoms with Crippen molar-refractivity contribution in [3.8, 4) is 0 Å². The van der Waals surface area contributed by atoms with Gasteiger partial charge in [-0.05, 0) is 18.9 Å². The maximum atomic E-state index is 12.7. The van der Waals surface area contributed by atoms with Gasteiger partial charge in [-0.1, -0.05) is 0 Å². The summed E-state index contributed by atoms with van der Waals surface area (Å²) in [6.45, 7) is 2.09. The Kier molecular flexibility index (Phi) is 4.64. The molecule has 0 saturated carbocycles. The van der Waals surface area contributed by atoms with E-state index in [1.807, 2.05) is 0 Å². The largest absolute Gasteiger partial charge is 0.472 e. The van der Waals surface area contributed by atoms with E-state index >= 15 is 0 Å². The van der Waals surface area contributed by atoms with Crippen LogP contribution in [0.15, 0.2) is 23.0 Å². The molecule has 3 heterocycles. The molecule has 24 heavy (non-hydrogen) atoms.